The third kappa shape index (κ3) is 4.75. The maximum absolute atomic E-state index is 12.8. The van der Waals surface area contributed by atoms with Gasteiger partial charge in [0, 0.05) is 31.8 Å². The summed E-state index contributed by atoms with van der Waals surface area (Å²) < 4.78 is 49.8. The number of halogens is 3. The van der Waals surface area contributed by atoms with E-state index < -0.39 is 11.7 Å². The highest BCUT2D eigenvalue weighted by Crippen LogP contribution is 2.33. The summed E-state index contributed by atoms with van der Waals surface area (Å²) in [6, 6.07) is 4.94. The van der Waals surface area contributed by atoms with E-state index in [1.54, 1.807) is 0 Å². The maximum Gasteiger partial charge on any atom is 0.416 e. The number of aryl methyl sites for hydroxylation is 1. The zero-order valence-electron chi connectivity index (χ0n) is 16.0. The highest BCUT2D eigenvalue weighted by molar-refractivity contribution is 5.54. The molecule has 0 spiro atoms. The molecule has 1 aliphatic heterocycles. The minimum Gasteiger partial charge on any atom is -0.441 e. The van der Waals surface area contributed by atoms with Crippen LogP contribution in [0, 0.1) is 12.8 Å². The Morgan fingerprint density at radius 1 is 1.11 bits per heavy atom. The monoisotopic (exact) mass is 394 g/mol. The van der Waals surface area contributed by atoms with Gasteiger partial charge in [-0.3, -0.25) is 4.90 Å². The Morgan fingerprint density at radius 3 is 2.46 bits per heavy atom. The van der Waals surface area contributed by atoms with E-state index in [9.17, 15) is 13.2 Å². The van der Waals surface area contributed by atoms with Crippen LogP contribution in [0.3, 0.4) is 0 Å². The number of hydrogen-bond donors (Lipinski definition) is 0. The van der Waals surface area contributed by atoms with Crippen LogP contribution in [0.2, 0.25) is 0 Å². The van der Waals surface area contributed by atoms with E-state index >= 15 is 0 Å². The molecule has 2 aliphatic rings. The average Bonchev–Trinajstić information content (AvgIpc) is 3.17. The highest BCUT2D eigenvalue weighted by Gasteiger charge is 2.30. The van der Waals surface area contributed by atoms with Crippen molar-refractivity contribution in [2.24, 2.45) is 5.92 Å². The van der Waals surface area contributed by atoms with E-state index in [0.717, 1.165) is 56.3 Å². The first kappa shape index (κ1) is 19.5. The lowest BCUT2D eigenvalue weighted by molar-refractivity contribution is -0.137. The van der Waals surface area contributed by atoms with Gasteiger partial charge in [0.15, 0.2) is 0 Å². The van der Waals surface area contributed by atoms with Gasteiger partial charge < -0.3 is 9.15 Å². The van der Waals surface area contributed by atoms with Gasteiger partial charge in [-0.25, -0.2) is 4.98 Å². The number of oxazole rings is 1. The van der Waals surface area contributed by atoms with Crippen LogP contribution in [0.5, 0.6) is 0 Å². The standard InChI is InChI=1S/C21H25F3N2O2/c1-14-19(13-26(11-15-4-5-15)12-18-3-2-10-27-18)25-20(28-14)16-6-8-17(9-7-16)21(22,23)24/h6-9,15,18H,2-5,10-13H2,1H3/t18-/m0/s1. The van der Waals surface area contributed by atoms with E-state index in [0.29, 0.717) is 23.8 Å². The van der Waals surface area contributed by atoms with Crippen LogP contribution in [-0.4, -0.2) is 35.7 Å². The van der Waals surface area contributed by atoms with Crippen LogP contribution in [0.15, 0.2) is 28.7 Å². The highest BCUT2D eigenvalue weighted by atomic mass is 19.4. The fraction of sp³-hybridized carbons (Fsp3) is 0.571. The first-order valence-electron chi connectivity index (χ1n) is 9.86. The Bertz CT molecular complexity index is 791. The van der Waals surface area contributed by atoms with Gasteiger partial charge in [0.1, 0.15) is 5.76 Å². The van der Waals surface area contributed by atoms with Crippen molar-refractivity contribution in [2.75, 3.05) is 19.7 Å². The fourth-order valence-electron chi connectivity index (χ4n) is 3.66. The van der Waals surface area contributed by atoms with Crippen LogP contribution < -0.4 is 0 Å². The second-order valence-corrected chi connectivity index (χ2v) is 7.87. The Kier molecular flexibility index (Phi) is 5.47. The lowest BCUT2D eigenvalue weighted by atomic mass is 10.1. The molecule has 1 aromatic carbocycles. The molecule has 1 saturated carbocycles. The summed E-state index contributed by atoms with van der Waals surface area (Å²) in [5, 5.41) is 0. The van der Waals surface area contributed by atoms with Gasteiger partial charge in [-0.05, 0) is 62.8 Å². The maximum atomic E-state index is 12.8. The number of ether oxygens (including phenoxy) is 1. The fourth-order valence-corrected chi connectivity index (χ4v) is 3.66. The lowest BCUT2D eigenvalue weighted by Crippen LogP contribution is -2.33. The molecule has 0 bridgehead atoms. The van der Waals surface area contributed by atoms with Gasteiger partial charge in [0.05, 0.1) is 17.4 Å². The van der Waals surface area contributed by atoms with Crippen LogP contribution in [0.4, 0.5) is 13.2 Å². The van der Waals surface area contributed by atoms with E-state index in [4.69, 9.17) is 9.15 Å². The largest absolute Gasteiger partial charge is 0.441 e. The van der Waals surface area contributed by atoms with Crippen LogP contribution in [-0.2, 0) is 17.5 Å². The van der Waals surface area contributed by atoms with E-state index in [1.807, 2.05) is 6.92 Å². The molecular weight excluding hydrogens is 369 g/mol. The molecule has 0 amide bonds. The molecule has 1 atom stereocenters. The van der Waals surface area contributed by atoms with Crippen molar-refractivity contribution in [1.29, 1.82) is 0 Å². The molecule has 2 heterocycles. The summed E-state index contributed by atoms with van der Waals surface area (Å²) in [6.07, 6.45) is 0.689. The second-order valence-electron chi connectivity index (χ2n) is 7.87. The van der Waals surface area contributed by atoms with Crippen molar-refractivity contribution in [2.45, 2.75) is 51.4 Å². The molecule has 0 radical (unpaired) electrons. The Balaban J connectivity index is 1.47. The molecule has 7 heteroatoms. The minimum atomic E-state index is -4.35. The molecule has 4 rings (SSSR count). The van der Waals surface area contributed by atoms with Crippen molar-refractivity contribution >= 4 is 0 Å². The molecule has 152 valence electrons. The molecule has 2 aromatic rings. The number of hydrogen-bond acceptors (Lipinski definition) is 4. The van der Waals surface area contributed by atoms with Gasteiger partial charge in [-0.2, -0.15) is 13.2 Å². The molecule has 2 fully saturated rings. The van der Waals surface area contributed by atoms with Gasteiger partial charge >= 0.3 is 6.18 Å². The number of alkyl halides is 3. The summed E-state index contributed by atoms with van der Waals surface area (Å²) in [4.78, 5) is 6.97. The third-order valence-electron chi connectivity index (χ3n) is 5.42. The van der Waals surface area contributed by atoms with E-state index in [1.165, 1.54) is 25.0 Å². The van der Waals surface area contributed by atoms with Crippen molar-refractivity contribution < 1.29 is 22.3 Å². The minimum absolute atomic E-state index is 0.278. The normalized spacial score (nSPS) is 20.2. The predicted octanol–water partition coefficient (Wildman–Crippen LogP) is 5.06. The molecule has 1 saturated heterocycles. The molecule has 4 nitrogen and oxygen atoms in total. The smallest absolute Gasteiger partial charge is 0.416 e. The molecule has 1 aliphatic carbocycles. The van der Waals surface area contributed by atoms with E-state index in [2.05, 4.69) is 9.88 Å². The zero-order chi connectivity index (χ0) is 19.7. The number of rotatable bonds is 7. The second kappa shape index (κ2) is 7.87. The SMILES string of the molecule is Cc1oc(-c2ccc(C(F)(F)F)cc2)nc1CN(CC1CC1)C[C@@H]1CCCO1. The van der Waals surface area contributed by atoms with Gasteiger partial charge in [0.25, 0.3) is 0 Å². The summed E-state index contributed by atoms with van der Waals surface area (Å²) in [5.41, 5.74) is 0.718. The van der Waals surface area contributed by atoms with Crippen molar-refractivity contribution in [3.8, 4) is 11.5 Å². The van der Waals surface area contributed by atoms with E-state index in [-0.39, 0.29) is 6.10 Å². The topological polar surface area (TPSA) is 38.5 Å². The van der Waals surface area contributed by atoms with Gasteiger partial charge in [-0.15, -0.1) is 0 Å². The molecule has 0 N–H and O–H groups in total. The molecule has 1 aromatic heterocycles. The van der Waals surface area contributed by atoms with Crippen molar-refractivity contribution in [1.82, 2.24) is 9.88 Å². The Morgan fingerprint density at radius 2 is 1.86 bits per heavy atom. The average molecular weight is 394 g/mol. The third-order valence-corrected chi connectivity index (χ3v) is 5.42. The van der Waals surface area contributed by atoms with Crippen LogP contribution in [0.25, 0.3) is 11.5 Å². The van der Waals surface area contributed by atoms with Crippen LogP contribution >= 0.6 is 0 Å². The quantitative estimate of drug-likeness (QED) is 0.658. The van der Waals surface area contributed by atoms with Crippen LogP contribution in [0.1, 0.15) is 42.7 Å². The predicted molar refractivity (Wildman–Crippen MR) is 98.7 cm³/mol. The summed E-state index contributed by atoms with van der Waals surface area (Å²) in [5.74, 6) is 1.83. The first-order chi connectivity index (χ1) is 13.4. The number of aromatic nitrogens is 1. The number of nitrogens with zero attached hydrogens (tertiary/aromatic N) is 2. The first-order valence-corrected chi connectivity index (χ1v) is 9.86. The van der Waals surface area contributed by atoms with Crippen molar-refractivity contribution in [3.63, 3.8) is 0 Å². The lowest BCUT2D eigenvalue weighted by Gasteiger charge is -2.24. The zero-order valence-corrected chi connectivity index (χ0v) is 16.0. The Labute approximate surface area is 162 Å². The molecular formula is C21H25F3N2O2. The van der Waals surface area contributed by atoms with Crippen molar-refractivity contribution in [3.05, 3.63) is 41.3 Å². The van der Waals surface area contributed by atoms with Gasteiger partial charge in [0.2, 0.25) is 5.89 Å². The number of benzene rings is 1. The molecule has 28 heavy (non-hydrogen) atoms. The summed E-state index contributed by atoms with van der Waals surface area (Å²) >= 11 is 0. The molecule has 0 unspecified atom stereocenters. The summed E-state index contributed by atoms with van der Waals surface area (Å²) in [6.45, 7) is 5.28. The summed E-state index contributed by atoms with van der Waals surface area (Å²) in [7, 11) is 0. The Hall–Kier alpha value is -1.86. The van der Waals surface area contributed by atoms with Gasteiger partial charge in [-0.1, -0.05) is 0 Å².